The first-order valence-electron chi connectivity index (χ1n) is 6.53. The van der Waals surface area contributed by atoms with Gasteiger partial charge in [0.05, 0.1) is 5.75 Å². The summed E-state index contributed by atoms with van der Waals surface area (Å²) in [5.74, 6) is 0.814. The van der Waals surface area contributed by atoms with E-state index in [0.717, 1.165) is 10.4 Å². The number of anilines is 1. The zero-order valence-electron chi connectivity index (χ0n) is 11.7. The van der Waals surface area contributed by atoms with Crippen molar-refractivity contribution in [2.75, 3.05) is 11.1 Å². The summed E-state index contributed by atoms with van der Waals surface area (Å²) in [4.78, 5) is 21.4. The highest BCUT2D eigenvalue weighted by molar-refractivity contribution is 7.99. The van der Waals surface area contributed by atoms with E-state index in [2.05, 4.69) is 25.5 Å². The highest BCUT2D eigenvalue weighted by Crippen LogP contribution is 2.20. The first-order valence-corrected chi connectivity index (χ1v) is 8.34. The normalized spacial score (nSPS) is 10.6. The summed E-state index contributed by atoms with van der Waals surface area (Å²) in [6.07, 6.45) is 1.73. The number of hydrogen-bond donors (Lipinski definition) is 2. The highest BCUT2D eigenvalue weighted by Gasteiger charge is 2.10. The number of aromatic amines is 1. The van der Waals surface area contributed by atoms with Gasteiger partial charge in [-0.1, -0.05) is 42.1 Å². The molecule has 2 N–H and O–H groups in total. The van der Waals surface area contributed by atoms with Crippen LogP contribution in [0.4, 0.5) is 5.13 Å². The van der Waals surface area contributed by atoms with Crippen molar-refractivity contribution >= 4 is 34.1 Å². The third-order valence-corrected chi connectivity index (χ3v) is 4.39. The number of aromatic nitrogens is 4. The monoisotopic (exact) mass is 331 g/mol. The Kier molecular flexibility index (Phi) is 4.50. The fraction of sp³-hybridized carbons (Fsp3) is 0.143. The summed E-state index contributed by atoms with van der Waals surface area (Å²) in [5, 5.41) is 10.9. The summed E-state index contributed by atoms with van der Waals surface area (Å²) in [5.41, 5.74) is 0.963. The van der Waals surface area contributed by atoms with Gasteiger partial charge in [-0.2, -0.15) is 0 Å². The molecular formula is C14H13N5OS2. The number of nitrogens with zero attached hydrogens (tertiary/aromatic N) is 3. The predicted molar refractivity (Wildman–Crippen MR) is 88.0 cm³/mol. The van der Waals surface area contributed by atoms with Gasteiger partial charge in [0.1, 0.15) is 0 Å². The molecule has 8 heteroatoms. The van der Waals surface area contributed by atoms with Gasteiger partial charge >= 0.3 is 0 Å². The average Bonchev–Trinajstić information content (AvgIpc) is 3.15. The van der Waals surface area contributed by atoms with Crippen molar-refractivity contribution in [2.45, 2.75) is 12.1 Å². The summed E-state index contributed by atoms with van der Waals surface area (Å²) >= 11 is 2.73. The van der Waals surface area contributed by atoms with Crippen LogP contribution in [-0.4, -0.2) is 31.8 Å². The maximum absolute atomic E-state index is 11.8. The van der Waals surface area contributed by atoms with Crippen LogP contribution in [0.5, 0.6) is 0 Å². The molecule has 0 spiro atoms. The van der Waals surface area contributed by atoms with Crippen LogP contribution in [0.2, 0.25) is 0 Å². The van der Waals surface area contributed by atoms with Gasteiger partial charge in [-0.25, -0.2) is 9.97 Å². The van der Waals surface area contributed by atoms with Crippen molar-refractivity contribution < 1.29 is 4.79 Å². The number of benzene rings is 1. The molecule has 0 radical (unpaired) electrons. The van der Waals surface area contributed by atoms with Gasteiger partial charge < -0.3 is 5.32 Å². The molecule has 0 unspecified atom stereocenters. The van der Waals surface area contributed by atoms with E-state index >= 15 is 0 Å². The Morgan fingerprint density at radius 1 is 1.36 bits per heavy atom. The Hall–Kier alpha value is -2.19. The van der Waals surface area contributed by atoms with Crippen molar-refractivity contribution in [1.82, 2.24) is 20.2 Å². The molecule has 1 aromatic carbocycles. The molecule has 0 aliphatic heterocycles. The second-order valence-corrected chi connectivity index (χ2v) is 6.62. The van der Waals surface area contributed by atoms with Crippen LogP contribution in [0, 0.1) is 6.92 Å². The van der Waals surface area contributed by atoms with Gasteiger partial charge in [0.25, 0.3) is 0 Å². The lowest BCUT2D eigenvalue weighted by atomic mass is 10.2. The van der Waals surface area contributed by atoms with E-state index in [4.69, 9.17) is 0 Å². The quantitative estimate of drug-likeness (QED) is 0.702. The number of carbonyl (C=O) groups excluding carboxylic acids is 1. The molecule has 0 saturated carbocycles. The standard InChI is InChI=1S/C14H13N5OS2/c1-9-7-15-13(22-9)16-11(20)8-21-14-17-12(18-19-14)10-5-3-2-4-6-10/h2-7H,8H2,1H3,(H,15,16,20)(H,17,18,19). The molecule has 0 aliphatic carbocycles. The topological polar surface area (TPSA) is 83.6 Å². The molecule has 0 bridgehead atoms. The Labute approximate surface area is 135 Å². The van der Waals surface area contributed by atoms with Crippen LogP contribution in [0.15, 0.2) is 41.7 Å². The molecular weight excluding hydrogens is 318 g/mol. The maximum atomic E-state index is 11.8. The van der Waals surface area contributed by atoms with Crippen LogP contribution in [0.3, 0.4) is 0 Å². The first kappa shape index (κ1) is 14.7. The molecule has 0 atom stereocenters. The number of thioether (sulfide) groups is 1. The van der Waals surface area contributed by atoms with Crippen LogP contribution in [-0.2, 0) is 4.79 Å². The van der Waals surface area contributed by atoms with E-state index in [1.165, 1.54) is 23.1 Å². The number of hydrogen-bond acceptors (Lipinski definition) is 6. The summed E-state index contributed by atoms with van der Waals surface area (Å²) in [7, 11) is 0. The minimum absolute atomic E-state index is 0.120. The molecule has 0 fully saturated rings. The van der Waals surface area contributed by atoms with E-state index in [1.54, 1.807) is 6.20 Å². The lowest BCUT2D eigenvalue weighted by Gasteiger charge is -1.98. The third kappa shape index (κ3) is 3.71. The lowest BCUT2D eigenvalue weighted by molar-refractivity contribution is -0.113. The van der Waals surface area contributed by atoms with Crippen molar-refractivity contribution in [3.05, 3.63) is 41.4 Å². The van der Waals surface area contributed by atoms with Crippen molar-refractivity contribution in [2.24, 2.45) is 0 Å². The van der Waals surface area contributed by atoms with Gasteiger partial charge in [0, 0.05) is 16.6 Å². The average molecular weight is 331 g/mol. The molecule has 2 aromatic heterocycles. The van der Waals surface area contributed by atoms with Gasteiger partial charge in [0.15, 0.2) is 11.0 Å². The van der Waals surface area contributed by atoms with Gasteiger partial charge in [-0.3, -0.25) is 9.89 Å². The van der Waals surface area contributed by atoms with E-state index in [-0.39, 0.29) is 11.7 Å². The number of rotatable bonds is 5. The second kappa shape index (κ2) is 6.71. The minimum Gasteiger partial charge on any atom is -0.301 e. The number of H-pyrrole nitrogens is 1. The predicted octanol–water partition coefficient (Wildman–Crippen LogP) is 2.97. The van der Waals surface area contributed by atoms with Crippen LogP contribution in [0.1, 0.15) is 4.88 Å². The van der Waals surface area contributed by atoms with E-state index in [9.17, 15) is 4.79 Å². The van der Waals surface area contributed by atoms with Gasteiger partial charge in [-0.05, 0) is 6.92 Å². The Morgan fingerprint density at radius 3 is 2.91 bits per heavy atom. The molecule has 3 rings (SSSR count). The smallest absolute Gasteiger partial charge is 0.236 e. The Bertz CT molecular complexity index is 768. The van der Waals surface area contributed by atoms with Gasteiger partial charge in [0.2, 0.25) is 11.1 Å². The number of amides is 1. The maximum Gasteiger partial charge on any atom is 0.236 e. The van der Waals surface area contributed by atoms with Gasteiger partial charge in [-0.15, -0.1) is 16.4 Å². The molecule has 2 heterocycles. The number of carbonyl (C=O) groups is 1. The fourth-order valence-electron chi connectivity index (χ4n) is 1.73. The molecule has 112 valence electrons. The summed E-state index contributed by atoms with van der Waals surface area (Å²) in [6.45, 7) is 1.95. The zero-order chi connectivity index (χ0) is 15.4. The minimum atomic E-state index is -0.120. The zero-order valence-corrected chi connectivity index (χ0v) is 13.4. The van der Waals surface area contributed by atoms with Crippen molar-refractivity contribution in [3.63, 3.8) is 0 Å². The molecule has 0 saturated heterocycles. The number of thiazole rings is 1. The molecule has 22 heavy (non-hydrogen) atoms. The summed E-state index contributed by atoms with van der Waals surface area (Å²) in [6, 6.07) is 9.72. The molecule has 0 aliphatic rings. The molecule has 6 nitrogen and oxygen atoms in total. The third-order valence-electron chi connectivity index (χ3n) is 2.71. The Morgan fingerprint density at radius 2 is 2.18 bits per heavy atom. The van der Waals surface area contributed by atoms with Crippen LogP contribution < -0.4 is 5.32 Å². The number of nitrogens with one attached hydrogen (secondary N) is 2. The van der Waals surface area contributed by atoms with Crippen molar-refractivity contribution in [3.8, 4) is 11.4 Å². The van der Waals surface area contributed by atoms with Crippen molar-refractivity contribution in [1.29, 1.82) is 0 Å². The summed E-state index contributed by atoms with van der Waals surface area (Å²) < 4.78 is 0. The van der Waals surface area contributed by atoms with E-state index < -0.39 is 0 Å². The lowest BCUT2D eigenvalue weighted by Crippen LogP contribution is -2.13. The van der Waals surface area contributed by atoms with E-state index in [0.29, 0.717) is 16.1 Å². The van der Waals surface area contributed by atoms with E-state index in [1.807, 2.05) is 37.3 Å². The van der Waals surface area contributed by atoms with Crippen LogP contribution in [0.25, 0.3) is 11.4 Å². The fourth-order valence-corrected chi connectivity index (χ4v) is 3.01. The largest absolute Gasteiger partial charge is 0.301 e. The SMILES string of the molecule is Cc1cnc(NC(=O)CSc2n[nH]c(-c3ccccc3)n2)s1. The van der Waals surface area contributed by atoms with Crippen LogP contribution >= 0.6 is 23.1 Å². The first-order chi connectivity index (χ1) is 10.7. The number of aryl methyl sites for hydroxylation is 1. The molecule has 3 aromatic rings. The Balaban J connectivity index is 1.56. The second-order valence-electron chi connectivity index (χ2n) is 4.45. The highest BCUT2D eigenvalue weighted by atomic mass is 32.2. The molecule has 1 amide bonds.